The molecule has 2 aromatic rings. The van der Waals surface area contributed by atoms with E-state index in [9.17, 15) is 0 Å². The van der Waals surface area contributed by atoms with Crippen LogP contribution in [0.25, 0.3) is 11.4 Å². The van der Waals surface area contributed by atoms with Crippen molar-refractivity contribution in [3.63, 3.8) is 0 Å². The van der Waals surface area contributed by atoms with Gasteiger partial charge < -0.3 is 9.72 Å². The predicted octanol–water partition coefficient (Wildman–Crippen LogP) is 3.99. The summed E-state index contributed by atoms with van der Waals surface area (Å²) in [6, 6.07) is 6.00. The highest BCUT2D eigenvalue weighted by Gasteiger charge is 2.07. The summed E-state index contributed by atoms with van der Waals surface area (Å²) in [6.45, 7) is 6.14. The lowest BCUT2D eigenvalue weighted by atomic mass is 10.1. The van der Waals surface area contributed by atoms with Crippen LogP contribution in [0.2, 0.25) is 0 Å². The summed E-state index contributed by atoms with van der Waals surface area (Å²) < 4.78 is 5.94. The van der Waals surface area contributed by atoms with E-state index in [1.807, 2.05) is 26.0 Å². The summed E-state index contributed by atoms with van der Waals surface area (Å²) in [6.07, 6.45) is 0.917. The third kappa shape index (κ3) is 2.68. The SMILES string of the molecule is CCc1[nH]c(-c2ccc(OC)c(C)c2)nc(=S)c1C. The molecule has 0 spiro atoms. The molecule has 0 amide bonds. The number of benzene rings is 1. The van der Waals surface area contributed by atoms with E-state index >= 15 is 0 Å². The van der Waals surface area contributed by atoms with Gasteiger partial charge in [-0.1, -0.05) is 19.1 Å². The second-order valence-corrected chi connectivity index (χ2v) is 4.92. The lowest BCUT2D eigenvalue weighted by molar-refractivity contribution is 0.412. The van der Waals surface area contributed by atoms with Crippen LogP contribution in [0, 0.1) is 18.5 Å². The molecule has 0 saturated carbocycles. The zero-order chi connectivity index (χ0) is 14.0. The van der Waals surface area contributed by atoms with Crippen LogP contribution in [0.1, 0.15) is 23.7 Å². The minimum atomic E-state index is 0.666. The molecular weight excluding hydrogens is 256 g/mol. The Hall–Kier alpha value is -1.68. The van der Waals surface area contributed by atoms with Crippen molar-refractivity contribution in [2.75, 3.05) is 7.11 Å². The first-order valence-corrected chi connectivity index (χ1v) is 6.72. The van der Waals surface area contributed by atoms with Gasteiger partial charge in [0.05, 0.1) is 7.11 Å². The highest BCUT2D eigenvalue weighted by Crippen LogP contribution is 2.24. The molecule has 1 N–H and O–H groups in total. The van der Waals surface area contributed by atoms with E-state index in [2.05, 4.69) is 23.0 Å². The van der Waals surface area contributed by atoms with Gasteiger partial charge in [-0.3, -0.25) is 0 Å². The summed E-state index contributed by atoms with van der Waals surface area (Å²) in [4.78, 5) is 7.83. The van der Waals surface area contributed by atoms with Crippen LogP contribution < -0.4 is 4.74 Å². The fraction of sp³-hybridized carbons (Fsp3) is 0.333. The lowest BCUT2D eigenvalue weighted by Gasteiger charge is -2.10. The Balaban J connectivity index is 2.56. The smallest absolute Gasteiger partial charge is 0.139 e. The van der Waals surface area contributed by atoms with Gasteiger partial charge in [0.15, 0.2) is 0 Å². The predicted molar refractivity (Wildman–Crippen MR) is 80.3 cm³/mol. The lowest BCUT2D eigenvalue weighted by Crippen LogP contribution is -1.99. The van der Waals surface area contributed by atoms with Crippen molar-refractivity contribution in [3.05, 3.63) is 39.7 Å². The van der Waals surface area contributed by atoms with Gasteiger partial charge in [0.1, 0.15) is 16.2 Å². The Kier molecular flexibility index (Phi) is 4.00. The number of aromatic amines is 1. The van der Waals surface area contributed by atoms with Crippen LogP contribution in [0.5, 0.6) is 5.75 Å². The molecule has 2 rings (SSSR count). The molecule has 0 saturated heterocycles. The fourth-order valence-corrected chi connectivity index (χ4v) is 2.31. The van der Waals surface area contributed by atoms with Crippen LogP contribution in [0.15, 0.2) is 18.2 Å². The van der Waals surface area contributed by atoms with E-state index in [4.69, 9.17) is 17.0 Å². The van der Waals surface area contributed by atoms with Gasteiger partial charge in [0.25, 0.3) is 0 Å². The largest absolute Gasteiger partial charge is 0.496 e. The minimum absolute atomic E-state index is 0.666. The van der Waals surface area contributed by atoms with Gasteiger partial charge in [-0.25, -0.2) is 4.98 Å². The van der Waals surface area contributed by atoms with Crippen molar-refractivity contribution < 1.29 is 4.74 Å². The van der Waals surface area contributed by atoms with E-state index in [1.165, 1.54) is 0 Å². The molecule has 1 heterocycles. The number of methoxy groups -OCH3 is 1. The first-order valence-electron chi connectivity index (χ1n) is 6.31. The normalized spacial score (nSPS) is 10.5. The standard InChI is InChI=1S/C15H18N2OS/c1-5-12-10(3)15(19)17-14(16-12)11-6-7-13(18-4)9(2)8-11/h6-8H,5H2,1-4H3,(H,16,17,19). The molecule has 1 aromatic carbocycles. The number of hydrogen-bond acceptors (Lipinski definition) is 3. The van der Waals surface area contributed by atoms with Crippen molar-refractivity contribution in [3.8, 4) is 17.1 Å². The molecule has 3 nitrogen and oxygen atoms in total. The van der Waals surface area contributed by atoms with Crippen molar-refractivity contribution in [2.45, 2.75) is 27.2 Å². The highest BCUT2D eigenvalue weighted by atomic mass is 32.1. The topological polar surface area (TPSA) is 37.9 Å². The maximum Gasteiger partial charge on any atom is 0.139 e. The third-order valence-corrected chi connectivity index (χ3v) is 3.68. The molecule has 0 radical (unpaired) electrons. The van der Waals surface area contributed by atoms with Gasteiger partial charge in [-0.05, 0) is 44.0 Å². The number of ether oxygens (including phenoxy) is 1. The van der Waals surface area contributed by atoms with Crippen LogP contribution in [-0.4, -0.2) is 17.1 Å². The molecule has 0 aliphatic carbocycles. The van der Waals surface area contributed by atoms with E-state index < -0.39 is 0 Å². The summed E-state index contributed by atoms with van der Waals surface area (Å²) >= 11 is 5.32. The Morgan fingerprint density at radius 3 is 2.63 bits per heavy atom. The summed E-state index contributed by atoms with van der Waals surface area (Å²) in [5.74, 6) is 1.70. The molecule has 19 heavy (non-hydrogen) atoms. The Labute approximate surface area is 118 Å². The van der Waals surface area contributed by atoms with Gasteiger partial charge in [0, 0.05) is 16.8 Å². The second kappa shape index (κ2) is 5.53. The monoisotopic (exact) mass is 274 g/mol. The van der Waals surface area contributed by atoms with Gasteiger partial charge in [-0.15, -0.1) is 0 Å². The maximum atomic E-state index is 5.32. The summed E-state index contributed by atoms with van der Waals surface area (Å²) in [5.41, 5.74) is 4.31. The molecule has 0 fully saturated rings. The molecule has 0 aliphatic heterocycles. The Morgan fingerprint density at radius 1 is 1.32 bits per heavy atom. The number of rotatable bonds is 3. The zero-order valence-electron chi connectivity index (χ0n) is 11.7. The number of nitrogens with one attached hydrogen (secondary N) is 1. The fourth-order valence-electron chi connectivity index (χ4n) is 2.10. The van der Waals surface area contributed by atoms with Gasteiger partial charge in [0.2, 0.25) is 0 Å². The van der Waals surface area contributed by atoms with Crippen LogP contribution >= 0.6 is 12.2 Å². The molecule has 100 valence electrons. The molecular formula is C15H18N2OS. The Morgan fingerprint density at radius 2 is 2.05 bits per heavy atom. The van der Waals surface area contributed by atoms with Crippen molar-refractivity contribution in [1.82, 2.24) is 9.97 Å². The van der Waals surface area contributed by atoms with Gasteiger partial charge >= 0.3 is 0 Å². The van der Waals surface area contributed by atoms with Crippen molar-refractivity contribution in [2.24, 2.45) is 0 Å². The number of aromatic nitrogens is 2. The first kappa shape index (κ1) is 13.7. The number of aryl methyl sites for hydroxylation is 2. The van der Waals surface area contributed by atoms with Crippen LogP contribution in [0.3, 0.4) is 0 Å². The zero-order valence-corrected chi connectivity index (χ0v) is 12.5. The number of nitrogens with zero attached hydrogens (tertiary/aromatic N) is 1. The molecule has 4 heteroatoms. The maximum absolute atomic E-state index is 5.32. The molecule has 0 bridgehead atoms. The molecule has 0 atom stereocenters. The molecule has 0 unspecified atom stereocenters. The van der Waals surface area contributed by atoms with Gasteiger partial charge in [-0.2, -0.15) is 0 Å². The first-order chi connectivity index (χ1) is 9.06. The van der Waals surface area contributed by atoms with Crippen LogP contribution in [-0.2, 0) is 6.42 Å². The van der Waals surface area contributed by atoms with Crippen molar-refractivity contribution in [1.29, 1.82) is 0 Å². The second-order valence-electron chi connectivity index (χ2n) is 4.53. The summed E-state index contributed by atoms with van der Waals surface area (Å²) in [5, 5.41) is 0. The summed E-state index contributed by atoms with van der Waals surface area (Å²) in [7, 11) is 1.68. The highest BCUT2D eigenvalue weighted by molar-refractivity contribution is 7.71. The van der Waals surface area contributed by atoms with E-state index in [1.54, 1.807) is 7.11 Å². The number of hydrogen-bond donors (Lipinski definition) is 1. The van der Waals surface area contributed by atoms with E-state index in [-0.39, 0.29) is 0 Å². The molecule has 0 aliphatic rings. The van der Waals surface area contributed by atoms with Crippen molar-refractivity contribution >= 4 is 12.2 Å². The average Bonchev–Trinajstić information content (AvgIpc) is 2.41. The minimum Gasteiger partial charge on any atom is -0.496 e. The Bertz CT molecular complexity index is 662. The third-order valence-electron chi connectivity index (χ3n) is 3.28. The average molecular weight is 274 g/mol. The molecule has 1 aromatic heterocycles. The van der Waals surface area contributed by atoms with E-state index in [0.29, 0.717) is 4.64 Å². The van der Waals surface area contributed by atoms with E-state index in [0.717, 1.165) is 40.4 Å². The number of H-pyrrole nitrogens is 1. The quantitative estimate of drug-likeness (QED) is 0.860. The van der Waals surface area contributed by atoms with Crippen LogP contribution in [0.4, 0.5) is 0 Å².